The van der Waals surface area contributed by atoms with Crippen molar-refractivity contribution in [3.05, 3.63) is 10.4 Å². The molecular formula is C5H10N4O3. The third-order valence-electron chi connectivity index (χ3n) is 2.02. The van der Waals surface area contributed by atoms with Crippen molar-refractivity contribution in [3.63, 3.8) is 0 Å². The van der Waals surface area contributed by atoms with Gasteiger partial charge in [-0.15, -0.1) is 0 Å². The minimum absolute atomic E-state index is 0.963. The topological polar surface area (TPSA) is 135 Å². The summed E-state index contributed by atoms with van der Waals surface area (Å²) >= 11 is 0. The van der Waals surface area contributed by atoms with Crippen molar-refractivity contribution < 1.29 is 15.3 Å². The van der Waals surface area contributed by atoms with Crippen molar-refractivity contribution in [3.8, 4) is 0 Å². The summed E-state index contributed by atoms with van der Waals surface area (Å²) in [5, 5.41) is 30.6. The first kappa shape index (κ1) is 9.24. The Bertz CT molecular complexity index is 203. The van der Waals surface area contributed by atoms with Crippen LogP contribution in [-0.2, 0) is 0 Å². The summed E-state index contributed by atoms with van der Waals surface area (Å²) < 4.78 is 0. The van der Waals surface area contributed by atoms with Gasteiger partial charge in [-0.2, -0.15) is 0 Å². The highest BCUT2D eigenvalue weighted by molar-refractivity contribution is 5.04. The highest BCUT2D eigenvalue weighted by Gasteiger charge is 2.46. The number of hydrogen-bond donors (Lipinski definition) is 4. The summed E-state index contributed by atoms with van der Waals surface area (Å²) in [7, 11) is 0. The lowest BCUT2D eigenvalue weighted by Gasteiger charge is -2.11. The number of nitrogens with two attached hydrogens (primary N) is 1. The van der Waals surface area contributed by atoms with Crippen LogP contribution in [0.3, 0.4) is 0 Å². The van der Waals surface area contributed by atoms with E-state index in [1.54, 1.807) is 0 Å². The fourth-order valence-electron chi connectivity index (χ4n) is 1.26. The normalized spacial score (nSPS) is 47.2. The summed E-state index contributed by atoms with van der Waals surface area (Å²) in [5.74, 6) is 0. The Morgan fingerprint density at radius 1 is 1.17 bits per heavy atom. The van der Waals surface area contributed by atoms with Crippen molar-refractivity contribution >= 4 is 0 Å². The van der Waals surface area contributed by atoms with Crippen molar-refractivity contribution in [1.29, 1.82) is 0 Å². The Kier molecular flexibility index (Phi) is 2.51. The van der Waals surface area contributed by atoms with E-state index in [1.165, 1.54) is 0 Å². The van der Waals surface area contributed by atoms with E-state index >= 15 is 0 Å². The third-order valence-corrected chi connectivity index (χ3v) is 2.02. The summed E-state index contributed by atoms with van der Waals surface area (Å²) in [6.07, 6.45) is -3.72. The maximum Gasteiger partial charge on any atom is 0.0980 e. The largest absolute Gasteiger partial charge is 0.391 e. The highest BCUT2D eigenvalue weighted by atomic mass is 16.3. The molecule has 5 atom stereocenters. The van der Waals surface area contributed by atoms with Gasteiger partial charge in [0.15, 0.2) is 0 Å². The molecule has 7 nitrogen and oxygen atoms in total. The lowest BCUT2D eigenvalue weighted by Crippen LogP contribution is -2.40. The Labute approximate surface area is 68.0 Å². The van der Waals surface area contributed by atoms with Gasteiger partial charge in [0.05, 0.1) is 30.4 Å². The highest BCUT2D eigenvalue weighted by Crippen LogP contribution is 2.22. The molecule has 12 heavy (non-hydrogen) atoms. The van der Waals surface area contributed by atoms with Crippen LogP contribution in [-0.4, -0.2) is 45.7 Å². The zero-order chi connectivity index (χ0) is 9.30. The molecule has 5 unspecified atom stereocenters. The second kappa shape index (κ2) is 3.26. The second-order valence-electron chi connectivity index (χ2n) is 2.74. The molecule has 1 aliphatic rings. The van der Waals surface area contributed by atoms with Gasteiger partial charge in [-0.05, 0) is 5.53 Å². The molecule has 1 fully saturated rings. The standard InChI is InChI=1S/C5H10N4O3/c6-1-3(10)2(8-9-7)5(12)4(1)11/h1-5,10-12H,6H2. The van der Waals surface area contributed by atoms with E-state index in [0.29, 0.717) is 0 Å². The van der Waals surface area contributed by atoms with Crippen LogP contribution in [0.15, 0.2) is 5.11 Å². The molecule has 5 N–H and O–H groups in total. The average Bonchev–Trinajstić information content (AvgIpc) is 2.23. The first-order chi connectivity index (χ1) is 5.59. The van der Waals surface area contributed by atoms with Gasteiger partial charge in [0.2, 0.25) is 0 Å². The molecule has 1 saturated carbocycles. The van der Waals surface area contributed by atoms with Gasteiger partial charge in [0, 0.05) is 4.91 Å². The molecule has 1 rings (SSSR count). The number of rotatable bonds is 1. The number of hydrogen-bond acceptors (Lipinski definition) is 5. The predicted molar refractivity (Wildman–Crippen MR) is 38.9 cm³/mol. The fraction of sp³-hybridized carbons (Fsp3) is 1.00. The monoisotopic (exact) mass is 174 g/mol. The molecule has 0 aromatic heterocycles. The maximum absolute atomic E-state index is 9.22. The van der Waals surface area contributed by atoms with Crippen LogP contribution in [0, 0.1) is 0 Å². The van der Waals surface area contributed by atoms with Crippen LogP contribution in [0.25, 0.3) is 10.4 Å². The summed E-state index contributed by atoms with van der Waals surface area (Å²) in [6, 6.07) is -2.02. The Hall–Kier alpha value is -0.850. The predicted octanol–water partition coefficient (Wildman–Crippen LogP) is -1.91. The lowest BCUT2D eigenvalue weighted by atomic mass is 10.2. The molecule has 0 saturated heterocycles. The zero-order valence-electron chi connectivity index (χ0n) is 6.15. The third kappa shape index (κ3) is 1.24. The first-order valence-electron chi connectivity index (χ1n) is 3.43. The SMILES string of the molecule is [N-]=[N+]=NC1C(O)C(N)C(O)C1O. The van der Waals surface area contributed by atoms with Gasteiger partial charge in [0.25, 0.3) is 0 Å². The zero-order valence-corrected chi connectivity index (χ0v) is 6.15. The van der Waals surface area contributed by atoms with Crippen LogP contribution < -0.4 is 5.73 Å². The number of aliphatic hydroxyl groups is 3. The van der Waals surface area contributed by atoms with Crippen LogP contribution in [0.5, 0.6) is 0 Å². The molecule has 0 aromatic carbocycles. The van der Waals surface area contributed by atoms with E-state index in [-0.39, 0.29) is 0 Å². The number of azide groups is 1. The summed E-state index contributed by atoms with van der Waals surface area (Å²) in [4.78, 5) is 2.43. The maximum atomic E-state index is 9.22. The van der Waals surface area contributed by atoms with E-state index in [4.69, 9.17) is 16.4 Å². The minimum atomic E-state index is -1.29. The van der Waals surface area contributed by atoms with Crippen LogP contribution in [0.4, 0.5) is 0 Å². The van der Waals surface area contributed by atoms with Gasteiger partial charge < -0.3 is 21.1 Å². The summed E-state index contributed by atoms with van der Waals surface area (Å²) in [5.41, 5.74) is 13.3. The molecule has 0 radical (unpaired) electrons. The Morgan fingerprint density at radius 2 is 1.75 bits per heavy atom. The van der Waals surface area contributed by atoms with Gasteiger partial charge in [-0.1, -0.05) is 5.11 Å². The molecule has 0 aliphatic heterocycles. The molecule has 68 valence electrons. The number of nitrogens with zero attached hydrogens (tertiary/aromatic N) is 3. The quantitative estimate of drug-likeness (QED) is 0.209. The molecule has 1 aliphatic carbocycles. The molecule has 0 aromatic rings. The number of aliphatic hydroxyl groups excluding tert-OH is 3. The van der Waals surface area contributed by atoms with Crippen LogP contribution in [0.1, 0.15) is 0 Å². The fourth-order valence-corrected chi connectivity index (χ4v) is 1.26. The van der Waals surface area contributed by atoms with Gasteiger partial charge in [-0.3, -0.25) is 0 Å². The molecule has 0 amide bonds. The van der Waals surface area contributed by atoms with Crippen molar-refractivity contribution in [2.24, 2.45) is 10.8 Å². The summed E-state index contributed by atoms with van der Waals surface area (Å²) in [6.45, 7) is 0. The van der Waals surface area contributed by atoms with E-state index in [1.807, 2.05) is 0 Å². The van der Waals surface area contributed by atoms with Crippen molar-refractivity contribution in [1.82, 2.24) is 0 Å². The lowest BCUT2D eigenvalue weighted by molar-refractivity contribution is 0.0298. The average molecular weight is 174 g/mol. The van der Waals surface area contributed by atoms with Gasteiger partial charge >= 0.3 is 0 Å². The molecule has 0 heterocycles. The van der Waals surface area contributed by atoms with Crippen molar-refractivity contribution in [2.75, 3.05) is 0 Å². The van der Waals surface area contributed by atoms with Gasteiger partial charge in [-0.25, -0.2) is 0 Å². The minimum Gasteiger partial charge on any atom is -0.391 e. The van der Waals surface area contributed by atoms with Crippen LogP contribution in [0.2, 0.25) is 0 Å². The molecule has 0 spiro atoms. The van der Waals surface area contributed by atoms with Crippen LogP contribution >= 0.6 is 0 Å². The van der Waals surface area contributed by atoms with E-state index < -0.39 is 30.4 Å². The molecule has 0 bridgehead atoms. The second-order valence-corrected chi connectivity index (χ2v) is 2.74. The Morgan fingerprint density at radius 3 is 2.08 bits per heavy atom. The van der Waals surface area contributed by atoms with E-state index in [2.05, 4.69) is 10.0 Å². The first-order valence-corrected chi connectivity index (χ1v) is 3.43. The Balaban J connectivity index is 2.82. The molecular weight excluding hydrogens is 164 g/mol. The van der Waals surface area contributed by atoms with E-state index in [0.717, 1.165) is 0 Å². The molecule has 7 heteroatoms. The smallest absolute Gasteiger partial charge is 0.0980 e. The van der Waals surface area contributed by atoms with Crippen molar-refractivity contribution in [2.45, 2.75) is 30.4 Å². The van der Waals surface area contributed by atoms with Gasteiger partial charge in [0.1, 0.15) is 0 Å². The van der Waals surface area contributed by atoms with E-state index in [9.17, 15) is 10.2 Å².